The minimum Gasteiger partial charge on any atom is -0.462 e. The highest BCUT2D eigenvalue weighted by atomic mass is 35.5. The summed E-state index contributed by atoms with van der Waals surface area (Å²) in [6.45, 7) is 3.99. The van der Waals surface area contributed by atoms with Crippen molar-refractivity contribution in [3.05, 3.63) is 47.3 Å². The van der Waals surface area contributed by atoms with Crippen molar-refractivity contribution in [2.45, 2.75) is 13.1 Å². The first-order valence-electron chi connectivity index (χ1n) is 8.75. The number of amides is 1. The number of rotatable bonds is 4. The molecule has 0 spiro atoms. The van der Waals surface area contributed by atoms with Crippen LogP contribution in [0, 0.1) is 0 Å². The Hall–Kier alpha value is -2.59. The fourth-order valence-electron chi connectivity index (χ4n) is 2.97. The second-order valence-corrected chi connectivity index (χ2v) is 6.13. The third kappa shape index (κ3) is 4.88. The van der Waals surface area contributed by atoms with Gasteiger partial charge in [0.05, 0.1) is 18.5 Å². The zero-order valence-electron chi connectivity index (χ0n) is 15.5. The Kier molecular flexibility index (Phi) is 7.26. The lowest BCUT2D eigenvalue weighted by Gasteiger charge is -2.27. The maximum atomic E-state index is 13.5. The molecule has 1 amide bonds. The number of benzene rings is 1. The van der Waals surface area contributed by atoms with Crippen LogP contribution in [0.2, 0.25) is 0 Å². The van der Waals surface area contributed by atoms with Gasteiger partial charge in [-0.15, -0.1) is 12.4 Å². The summed E-state index contributed by atoms with van der Waals surface area (Å²) in [6.07, 6.45) is -3.98. The van der Waals surface area contributed by atoms with E-state index < -0.39 is 23.4 Å². The first-order valence-corrected chi connectivity index (χ1v) is 8.75. The van der Waals surface area contributed by atoms with Gasteiger partial charge in [0.1, 0.15) is 5.56 Å². The van der Waals surface area contributed by atoms with Crippen molar-refractivity contribution in [3.8, 4) is 5.69 Å². The van der Waals surface area contributed by atoms with Crippen LogP contribution in [-0.4, -0.2) is 59.3 Å². The molecule has 1 aromatic carbocycles. The van der Waals surface area contributed by atoms with E-state index >= 15 is 0 Å². The number of piperazine rings is 1. The lowest BCUT2D eigenvalue weighted by Crippen LogP contribution is -2.46. The van der Waals surface area contributed by atoms with Crippen LogP contribution < -0.4 is 5.32 Å². The summed E-state index contributed by atoms with van der Waals surface area (Å²) in [6, 6.07) is 5.64. The Bertz CT molecular complexity index is 862. The van der Waals surface area contributed by atoms with E-state index in [1.807, 2.05) is 0 Å². The van der Waals surface area contributed by atoms with Crippen LogP contribution in [0.15, 0.2) is 30.5 Å². The quantitative estimate of drug-likeness (QED) is 0.751. The number of esters is 1. The van der Waals surface area contributed by atoms with Crippen molar-refractivity contribution in [3.63, 3.8) is 0 Å². The molecule has 2 heterocycles. The molecule has 7 nitrogen and oxygen atoms in total. The van der Waals surface area contributed by atoms with Crippen LogP contribution in [0.1, 0.15) is 33.3 Å². The topological polar surface area (TPSA) is 76.5 Å². The van der Waals surface area contributed by atoms with Gasteiger partial charge in [-0.2, -0.15) is 18.3 Å². The molecule has 0 unspecified atom stereocenters. The second kappa shape index (κ2) is 9.27. The molecule has 158 valence electrons. The van der Waals surface area contributed by atoms with Crippen molar-refractivity contribution in [2.24, 2.45) is 0 Å². The van der Waals surface area contributed by atoms with Crippen LogP contribution in [-0.2, 0) is 10.9 Å². The van der Waals surface area contributed by atoms with Gasteiger partial charge in [0, 0.05) is 31.7 Å². The van der Waals surface area contributed by atoms with Crippen LogP contribution in [0.3, 0.4) is 0 Å². The predicted molar refractivity (Wildman–Crippen MR) is 101 cm³/mol. The minimum absolute atomic E-state index is 0. The molecule has 1 saturated heterocycles. The minimum atomic E-state index is -4.81. The van der Waals surface area contributed by atoms with E-state index in [-0.39, 0.29) is 30.6 Å². The Balaban J connectivity index is 0.00000300. The lowest BCUT2D eigenvalue weighted by atomic mass is 10.1. The standard InChI is InChI=1S/C18H19F3N4O3.ClH/c1-2-28-17(27)14-11-23-25(15(14)18(19,20)21)13-5-3-12(4-6-13)16(26)24-9-7-22-8-10-24;/h3-6,11,22H,2,7-10H2,1H3;1H. The van der Waals surface area contributed by atoms with Crippen LogP contribution in [0.4, 0.5) is 13.2 Å². The van der Waals surface area contributed by atoms with Gasteiger partial charge >= 0.3 is 12.1 Å². The predicted octanol–water partition coefficient (Wildman–Crippen LogP) is 2.54. The SMILES string of the molecule is CCOC(=O)c1cnn(-c2ccc(C(=O)N3CCNCC3)cc2)c1C(F)(F)F.Cl. The summed E-state index contributed by atoms with van der Waals surface area (Å²) in [5, 5.41) is 6.86. The molecule has 0 aliphatic carbocycles. The molecule has 0 radical (unpaired) electrons. The first kappa shape index (κ1) is 22.7. The number of ether oxygens (including phenoxy) is 1. The van der Waals surface area contributed by atoms with E-state index in [4.69, 9.17) is 0 Å². The van der Waals surface area contributed by atoms with E-state index in [0.717, 1.165) is 6.20 Å². The van der Waals surface area contributed by atoms with E-state index in [0.29, 0.717) is 36.4 Å². The molecule has 1 aromatic heterocycles. The Morgan fingerprint density at radius 1 is 1.17 bits per heavy atom. The van der Waals surface area contributed by atoms with Gasteiger partial charge in [0.25, 0.3) is 5.91 Å². The zero-order valence-corrected chi connectivity index (χ0v) is 16.3. The van der Waals surface area contributed by atoms with E-state index in [1.54, 1.807) is 4.90 Å². The van der Waals surface area contributed by atoms with Gasteiger partial charge in [-0.05, 0) is 31.2 Å². The number of aromatic nitrogens is 2. The zero-order chi connectivity index (χ0) is 20.3. The fourth-order valence-corrected chi connectivity index (χ4v) is 2.97. The van der Waals surface area contributed by atoms with Gasteiger partial charge in [0.2, 0.25) is 0 Å². The highest BCUT2D eigenvalue weighted by Crippen LogP contribution is 2.34. The monoisotopic (exact) mass is 432 g/mol. The van der Waals surface area contributed by atoms with Crippen LogP contribution >= 0.6 is 12.4 Å². The number of halogens is 4. The first-order chi connectivity index (χ1) is 13.3. The second-order valence-electron chi connectivity index (χ2n) is 6.13. The van der Waals surface area contributed by atoms with Crippen molar-refractivity contribution in [1.29, 1.82) is 0 Å². The molecule has 1 aliphatic heterocycles. The fraction of sp³-hybridized carbons (Fsp3) is 0.389. The Morgan fingerprint density at radius 2 is 1.79 bits per heavy atom. The molecular weight excluding hydrogens is 413 g/mol. The van der Waals surface area contributed by atoms with Gasteiger partial charge in [-0.3, -0.25) is 4.79 Å². The third-order valence-electron chi connectivity index (χ3n) is 4.30. The Labute approximate surface area is 171 Å². The number of nitrogens with one attached hydrogen (secondary N) is 1. The molecule has 11 heteroatoms. The molecule has 29 heavy (non-hydrogen) atoms. The summed E-state index contributed by atoms with van der Waals surface area (Å²) in [7, 11) is 0. The molecule has 1 N–H and O–H groups in total. The van der Waals surface area contributed by atoms with Crippen molar-refractivity contribution >= 4 is 24.3 Å². The number of nitrogens with zero attached hydrogens (tertiary/aromatic N) is 3. The number of carbonyl (C=O) groups is 2. The van der Waals surface area contributed by atoms with Crippen molar-refractivity contribution in [1.82, 2.24) is 20.0 Å². The molecule has 0 saturated carbocycles. The summed E-state index contributed by atoms with van der Waals surface area (Å²) in [5.41, 5.74) is -1.42. The number of alkyl halides is 3. The number of hydrogen-bond acceptors (Lipinski definition) is 5. The number of carbonyl (C=O) groups excluding carboxylic acids is 2. The van der Waals surface area contributed by atoms with E-state index in [2.05, 4.69) is 15.2 Å². The molecule has 0 bridgehead atoms. The number of hydrogen-bond donors (Lipinski definition) is 1. The van der Waals surface area contributed by atoms with E-state index in [9.17, 15) is 22.8 Å². The molecule has 1 fully saturated rings. The smallest absolute Gasteiger partial charge is 0.434 e. The van der Waals surface area contributed by atoms with Crippen molar-refractivity contribution < 1.29 is 27.5 Å². The van der Waals surface area contributed by atoms with Gasteiger partial charge < -0.3 is 15.0 Å². The molecule has 1 aliphatic rings. The molecule has 0 atom stereocenters. The van der Waals surface area contributed by atoms with Gasteiger partial charge in [0.15, 0.2) is 5.69 Å². The molecular formula is C18H20ClF3N4O3. The maximum absolute atomic E-state index is 13.5. The summed E-state index contributed by atoms with van der Waals surface area (Å²) in [5.74, 6) is -1.27. The summed E-state index contributed by atoms with van der Waals surface area (Å²) in [4.78, 5) is 26.0. The van der Waals surface area contributed by atoms with Gasteiger partial charge in [-0.1, -0.05) is 0 Å². The van der Waals surface area contributed by atoms with Gasteiger partial charge in [-0.25, -0.2) is 9.48 Å². The molecule has 2 aromatic rings. The summed E-state index contributed by atoms with van der Waals surface area (Å²) < 4.78 is 45.9. The largest absolute Gasteiger partial charge is 0.462 e. The maximum Gasteiger partial charge on any atom is 0.434 e. The Morgan fingerprint density at radius 3 is 2.34 bits per heavy atom. The normalized spacial score (nSPS) is 14.3. The highest BCUT2D eigenvalue weighted by Gasteiger charge is 2.41. The molecule has 3 rings (SSSR count). The highest BCUT2D eigenvalue weighted by molar-refractivity contribution is 5.94. The summed E-state index contributed by atoms with van der Waals surface area (Å²) >= 11 is 0. The van der Waals surface area contributed by atoms with E-state index in [1.165, 1.54) is 31.2 Å². The lowest BCUT2D eigenvalue weighted by molar-refractivity contribution is -0.143. The van der Waals surface area contributed by atoms with Crippen molar-refractivity contribution in [2.75, 3.05) is 32.8 Å². The van der Waals surface area contributed by atoms with Crippen LogP contribution in [0.25, 0.3) is 5.69 Å². The third-order valence-corrected chi connectivity index (χ3v) is 4.30. The average molecular weight is 433 g/mol. The van der Waals surface area contributed by atoms with Crippen LogP contribution in [0.5, 0.6) is 0 Å². The average Bonchev–Trinajstić information content (AvgIpc) is 3.14.